The first-order valence-corrected chi connectivity index (χ1v) is 13.0. The molecule has 0 fully saturated rings. The second-order valence-electron chi connectivity index (χ2n) is 8.00. The fourth-order valence-corrected chi connectivity index (χ4v) is 4.88. The Kier molecular flexibility index (Phi) is 7.81. The lowest BCUT2D eigenvalue weighted by Crippen LogP contribution is -2.20. The Balaban J connectivity index is 1.35. The number of thioether (sulfide) groups is 1. The number of hydrogen-bond acceptors (Lipinski definition) is 9. The van der Waals surface area contributed by atoms with Gasteiger partial charge >= 0.3 is 0 Å². The molecule has 3 aromatic carbocycles. The highest BCUT2D eigenvalue weighted by atomic mass is 35.5. The van der Waals surface area contributed by atoms with E-state index in [0.717, 1.165) is 22.8 Å². The lowest BCUT2D eigenvalue weighted by Gasteiger charge is -2.12. The number of carbonyl (C=O) groups is 1. The number of rotatable bonds is 9. The van der Waals surface area contributed by atoms with Crippen molar-refractivity contribution in [2.75, 3.05) is 5.75 Å². The van der Waals surface area contributed by atoms with Gasteiger partial charge in [0.2, 0.25) is 0 Å². The molecule has 0 aliphatic rings. The van der Waals surface area contributed by atoms with Crippen LogP contribution in [0.1, 0.15) is 11.4 Å². The number of halogens is 2. The lowest BCUT2D eigenvalue weighted by atomic mass is 10.2. The molecule has 0 atom stereocenters. The predicted molar refractivity (Wildman–Crippen MR) is 148 cm³/mol. The molecule has 5 rings (SSSR count). The molecule has 1 amide bonds. The molecular formula is C24H17Cl2N9O3S. The lowest BCUT2D eigenvalue weighted by molar-refractivity contribution is -0.384. The number of aromatic nitrogens is 6. The highest BCUT2D eigenvalue weighted by Crippen LogP contribution is 2.30. The summed E-state index contributed by atoms with van der Waals surface area (Å²) in [7, 11) is 0. The first kappa shape index (κ1) is 26.3. The van der Waals surface area contributed by atoms with Crippen molar-refractivity contribution < 1.29 is 9.72 Å². The van der Waals surface area contributed by atoms with E-state index in [-0.39, 0.29) is 18.0 Å². The van der Waals surface area contributed by atoms with E-state index in [2.05, 4.69) is 31.0 Å². The Hall–Kier alpha value is -4.33. The SMILES string of the molecule is O=C(CSc1nnc(Cn2nnc3ccccc32)n1-c1ccc(Cl)cc1Cl)NN=Cc1cccc([N+](=O)[O-])c1. The number of non-ortho nitro benzene ring substituents is 1. The number of carbonyl (C=O) groups excluding carboxylic acids is 1. The third kappa shape index (κ3) is 6.06. The van der Waals surface area contributed by atoms with Crippen molar-refractivity contribution in [2.24, 2.45) is 5.10 Å². The topological polar surface area (TPSA) is 146 Å². The molecule has 1 N–H and O–H groups in total. The van der Waals surface area contributed by atoms with Crippen molar-refractivity contribution in [1.29, 1.82) is 0 Å². The van der Waals surface area contributed by atoms with E-state index in [1.54, 1.807) is 33.5 Å². The average Bonchev–Trinajstić information content (AvgIpc) is 3.52. The monoisotopic (exact) mass is 581 g/mol. The number of hydrazone groups is 1. The molecule has 0 saturated heterocycles. The zero-order valence-corrected chi connectivity index (χ0v) is 22.1. The van der Waals surface area contributed by atoms with Crippen LogP contribution in [0.15, 0.2) is 77.0 Å². The summed E-state index contributed by atoms with van der Waals surface area (Å²) in [6, 6.07) is 18.5. The second-order valence-corrected chi connectivity index (χ2v) is 9.79. The van der Waals surface area contributed by atoms with Crippen LogP contribution in [0.4, 0.5) is 5.69 Å². The number of amides is 1. The normalized spacial score (nSPS) is 11.3. The summed E-state index contributed by atoms with van der Waals surface area (Å²) in [6.45, 7) is 0.243. The Morgan fingerprint density at radius 1 is 1.08 bits per heavy atom. The van der Waals surface area contributed by atoms with Crippen molar-refractivity contribution in [3.8, 4) is 5.69 Å². The molecule has 39 heavy (non-hydrogen) atoms. The fourth-order valence-electron chi connectivity index (χ4n) is 3.63. The van der Waals surface area contributed by atoms with Crippen LogP contribution in [0, 0.1) is 10.1 Å². The van der Waals surface area contributed by atoms with Crippen molar-refractivity contribution in [3.63, 3.8) is 0 Å². The number of benzene rings is 3. The molecule has 5 aromatic rings. The maximum atomic E-state index is 12.5. The Morgan fingerprint density at radius 2 is 1.92 bits per heavy atom. The van der Waals surface area contributed by atoms with Crippen molar-refractivity contribution in [1.82, 2.24) is 35.2 Å². The van der Waals surface area contributed by atoms with Gasteiger partial charge in [0, 0.05) is 22.7 Å². The van der Waals surface area contributed by atoms with Gasteiger partial charge in [-0.1, -0.05) is 64.4 Å². The molecular weight excluding hydrogens is 565 g/mol. The van der Waals surface area contributed by atoms with Gasteiger partial charge in [0.15, 0.2) is 11.0 Å². The summed E-state index contributed by atoms with van der Waals surface area (Å²) in [5.41, 5.74) is 4.95. The van der Waals surface area contributed by atoms with E-state index in [1.807, 2.05) is 24.3 Å². The summed E-state index contributed by atoms with van der Waals surface area (Å²) in [5, 5.41) is 33.1. The van der Waals surface area contributed by atoms with Crippen LogP contribution in [-0.4, -0.2) is 52.6 Å². The highest BCUT2D eigenvalue weighted by Gasteiger charge is 2.19. The molecule has 0 aliphatic carbocycles. The molecule has 15 heteroatoms. The minimum Gasteiger partial charge on any atom is -0.272 e. The van der Waals surface area contributed by atoms with Crippen LogP contribution in [-0.2, 0) is 11.3 Å². The fraction of sp³-hybridized carbons (Fsp3) is 0.0833. The van der Waals surface area contributed by atoms with Crippen molar-refractivity contribution in [2.45, 2.75) is 11.7 Å². The van der Waals surface area contributed by atoms with Crippen molar-refractivity contribution in [3.05, 3.63) is 98.3 Å². The Bertz CT molecular complexity index is 1720. The van der Waals surface area contributed by atoms with Gasteiger partial charge in [0.1, 0.15) is 12.1 Å². The summed E-state index contributed by atoms with van der Waals surface area (Å²) in [5.74, 6) is 0.0609. The molecule has 0 unspecified atom stereocenters. The Morgan fingerprint density at radius 3 is 2.74 bits per heavy atom. The first-order chi connectivity index (χ1) is 18.9. The summed E-state index contributed by atoms with van der Waals surface area (Å²) in [4.78, 5) is 22.9. The molecule has 0 saturated carbocycles. The van der Waals surface area contributed by atoms with E-state index in [4.69, 9.17) is 23.2 Å². The van der Waals surface area contributed by atoms with Gasteiger partial charge in [-0.25, -0.2) is 10.1 Å². The zero-order valence-electron chi connectivity index (χ0n) is 19.8. The molecule has 0 aliphatic heterocycles. The third-order valence-corrected chi connectivity index (χ3v) is 6.85. The molecule has 196 valence electrons. The minimum atomic E-state index is -0.505. The number of para-hydroxylation sites is 1. The van der Waals surface area contributed by atoms with Crippen LogP contribution >= 0.6 is 35.0 Å². The second kappa shape index (κ2) is 11.6. The van der Waals surface area contributed by atoms with Crippen LogP contribution in [0.3, 0.4) is 0 Å². The van der Waals surface area contributed by atoms with E-state index >= 15 is 0 Å². The smallest absolute Gasteiger partial charge is 0.270 e. The van der Waals surface area contributed by atoms with Crippen LogP contribution in [0.2, 0.25) is 10.0 Å². The molecule has 0 bridgehead atoms. The number of nitrogens with zero attached hydrogens (tertiary/aromatic N) is 8. The number of fused-ring (bicyclic) bond motifs is 1. The van der Waals surface area contributed by atoms with Gasteiger partial charge in [0.25, 0.3) is 11.6 Å². The quantitative estimate of drug-likeness (QED) is 0.116. The summed E-state index contributed by atoms with van der Waals surface area (Å²) >= 11 is 13.8. The third-order valence-electron chi connectivity index (χ3n) is 5.38. The number of hydrogen-bond donors (Lipinski definition) is 1. The van der Waals surface area contributed by atoms with Gasteiger partial charge in [-0.05, 0) is 30.3 Å². The average molecular weight is 582 g/mol. The predicted octanol–water partition coefficient (Wildman–Crippen LogP) is 4.52. The minimum absolute atomic E-state index is 0.0398. The maximum absolute atomic E-state index is 12.5. The molecule has 0 spiro atoms. The molecule has 2 aromatic heterocycles. The largest absolute Gasteiger partial charge is 0.272 e. The first-order valence-electron chi connectivity index (χ1n) is 11.3. The number of nitrogens with one attached hydrogen (secondary N) is 1. The van der Waals surface area contributed by atoms with Gasteiger partial charge in [-0.3, -0.25) is 19.5 Å². The number of nitro groups is 1. The van der Waals surface area contributed by atoms with E-state index in [1.165, 1.54) is 24.4 Å². The van der Waals surface area contributed by atoms with Gasteiger partial charge in [0.05, 0.1) is 33.1 Å². The molecule has 12 nitrogen and oxygen atoms in total. The van der Waals surface area contributed by atoms with Gasteiger partial charge in [-0.2, -0.15) is 5.10 Å². The zero-order chi connectivity index (χ0) is 27.4. The van der Waals surface area contributed by atoms with E-state index in [0.29, 0.717) is 32.3 Å². The Labute approximate surface area is 234 Å². The summed E-state index contributed by atoms with van der Waals surface area (Å²) in [6.07, 6.45) is 1.33. The van der Waals surface area contributed by atoms with Gasteiger partial charge < -0.3 is 0 Å². The van der Waals surface area contributed by atoms with Crippen molar-refractivity contribution >= 4 is 63.8 Å². The van der Waals surface area contributed by atoms with E-state index < -0.39 is 10.8 Å². The van der Waals surface area contributed by atoms with Crippen LogP contribution < -0.4 is 5.43 Å². The molecule has 0 radical (unpaired) electrons. The van der Waals surface area contributed by atoms with Crippen LogP contribution in [0.5, 0.6) is 0 Å². The van der Waals surface area contributed by atoms with E-state index in [9.17, 15) is 14.9 Å². The summed E-state index contributed by atoms with van der Waals surface area (Å²) < 4.78 is 3.43. The van der Waals surface area contributed by atoms with Crippen LogP contribution in [0.25, 0.3) is 16.7 Å². The number of nitro benzene ring substituents is 1. The highest BCUT2D eigenvalue weighted by molar-refractivity contribution is 7.99. The van der Waals surface area contributed by atoms with Gasteiger partial charge in [-0.15, -0.1) is 15.3 Å². The maximum Gasteiger partial charge on any atom is 0.270 e. The molecule has 2 heterocycles. The standard InChI is InChI=1S/C24H17Cl2N9O3S/c25-16-8-9-20(18(26)11-16)34-22(13-33-21-7-2-1-6-19(21)28-32-33)29-31-24(34)39-14-23(36)30-27-12-15-4-3-5-17(10-15)35(37)38/h1-12H,13-14H2,(H,30,36).